The van der Waals surface area contributed by atoms with Gasteiger partial charge in [0.25, 0.3) is 0 Å². The van der Waals surface area contributed by atoms with E-state index >= 15 is 0 Å². The standard InChI is InChI=1S/C29H38N2O6.C28H36N2O7.C2H6.H2/c1-18(26(33)31(6)25(19(2)32)29(3,4)27(35-7)36-8)30(5)28(34)37-17-24-22-15-11-9-13-20(22)21-14-10-12-16-23(21)24;1-17(24(31)30(5)23(25(32)33)28(2,3)26(35-6)36-7)29(4)27(34)37-16-22-20-14-10-8-12-18(20)19-13-9-11-15-21(19)22;1-2;/h9-16,18,24-25,27H,17H2,1-8H3;8-15,17,22-23,26H,16H2,1-7H3,(H,32,33);1-2H3;1H/t18-,25-;17-,23-;;/m11../s1. The largest absolute Gasteiger partial charge is 0.480 e. The molecule has 0 heterocycles. The molecule has 4 atom stereocenters. The second kappa shape index (κ2) is 26.9. The topological polar surface area (TPSA) is 191 Å². The van der Waals surface area contributed by atoms with Crippen LogP contribution in [0.1, 0.15) is 97.8 Å². The van der Waals surface area contributed by atoms with Crippen LogP contribution in [0.4, 0.5) is 9.59 Å². The first-order valence-electron chi connectivity index (χ1n) is 25.5. The van der Waals surface area contributed by atoms with Gasteiger partial charge in [-0.15, -0.1) is 0 Å². The van der Waals surface area contributed by atoms with Crippen molar-refractivity contribution in [3.63, 3.8) is 0 Å². The second-order valence-corrected chi connectivity index (χ2v) is 20.1. The van der Waals surface area contributed by atoms with E-state index in [4.69, 9.17) is 28.4 Å². The molecular weight excluding hydrogens is 973 g/mol. The van der Waals surface area contributed by atoms with E-state index in [0.717, 1.165) is 49.4 Å². The quantitative estimate of drug-likeness (QED) is 0.0825. The normalized spacial score (nSPS) is 14.2. The molecule has 0 aliphatic heterocycles. The van der Waals surface area contributed by atoms with Crippen LogP contribution in [-0.4, -0.2) is 167 Å². The Hall–Kier alpha value is -6.66. The van der Waals surface area contributed by atoms with Crippen molar-refractivity contribution >= 4 is 35.8 Å². The molecule has 17 heteroatoms. The number of carbonyl (C=O) groups is 6. The Morgan fingerprint density at radius 3 is 1.03 bits per heavy atom. The maximum Gasteiger partial charge on any atom is 0.410 e. The fourth-order valence-electron chi connectivity index (χ4n) is 10.8. The number of hydrogen-bond donors (Lipinski definition) is 1. The molecule has 4 aromatic rings. The minimum atomic E-state index is -1.27. The average Bonchev–Trinajstić information content (AvgIpc) is 3.90. The zero-order valence-electron chi connectivity index (χ0n) is 47.4. The molecule has 0 spiro atoms. The molecule has 4 amide bonds. The van der Waals surface area contributed by atoms with Crippen molar-refractivity contribution in [2.24, 2.45) is 10.8 Å². The number of methoxy groups -OCH3 is 4. The Kier molecular flexibility index (Phi) is 21.9. The van der Waals surface area contributed by atoms with Gasteiger partial charge in [0.1, 0.15) is 31.3 Å². The van der Waals surface area contributed by atoms with E-state index < -0.39 is 77.5 Å². The van der Waals surface area contributed by atoms with Crippen molar-refractivity contribution in [2.45, 2.75) is 111 Å². The number of rotatable bonds is 20. The fourth-order valence-corrected chi connectivity index (χ4v) is 10.8. The number of ketones is 1. The molecular formula is C59H82N4O13. The van der Waals surface area contributed by atoms with Gasteiger partial charge in [0.05, 0.1) is 6.04 Å². The second-order valence-electron chi connectivity index (χ2n) is 20.1. The van der Waals surface area contributed by atoms with Crippen molar-refractivity contribution in [2.75, 3.05) is 69.8 Å². The minimum absolute atomic E-state index is 0. The van der Waals surface area contributed by atoms with E-state index in [1.54, 1.807) is 41.7 Å². The molecule has 0 bridgehead atoms. The predicted molar refractivity (Wildman–Crippen MR) is 293 cm³/mol. The van der Waals surface area contributed by atoms with E-state index in [0.29, 0.717) is 0 Å². The lowest BCUT2D eigenvalue weighted by Crippen LogP contribution is -2.59. The number of carboxylic acids is 1. The summed E-state index contributed by atoms with van der Waals surface area (Å²) in [6.45, 7) is 15.8. The number of aliphatic carboxylic acids is 1. The molecule has 0 radical (unpaired) electrons. The van der Waals surface area contributed by atoms with Gasteiger partial charge >= 0.3 is 18.2 Å². The smallest absolute Gasteiger partial charge is 0.410 e. The lowest BCUT2D eigenvalue weighted by Gasteiger charge is -2.43. The first-order chi connectivity index (χ1) is 35.9. The summed E-state index contributed by atoms with van der Waals surface area (Å²) in [5.74, 6) is -2.57. The number of Topliss-reactive ketones (excluding diaryl/α,β-unsaturated/α-hetero) is 1. The monoisotopic (exact) mass is 1050 g/mol. The Morgan fingerprint density at radius 2 is 0.763 bits per heavy atom. The molecule has 0 fully saturated rings. The Bertz CT molecular complexity index is 2380. The summed E-state index contributed by atoms with van der Waals surface area (Å²) in [4.78, 5) is 82.5. The summed E-state index contributed by atoms with van der Waals surface area (Å²) in [6.07, 6.45) is -2.87. The van der Waals surface area contributed by atoms with Crippen LogP contribution >= 0.6 is 0 Å². The molecule has 2 aliphatic rings. The molecule has 17 nitrogen and oxygen atoms in total. The number of benzene rings is 4. The summed E-state index contributed by atoms with van der Waals surface area (Å²) < 4.78 is 32.8. The van der Waals surface area contributed by atoms with Crippen LogP contribution in [-0.2, 0) is 47.6 Å². The molecule has 2 aliphatic carbocycles. The molecule has 4 aromatic carbocycles. The van der Waals surface area contributed by atoms with Crippen LogP contribution in [0.25, 0.3) is 22.3 Å². The fraction of sp³-hybridized carbons (Fsp3) is 0.492. The van der Waals surface area contributed by atoms with Crippen molar-refractivity contribution in [1.29, 1.82) is 0 Å². The number of nitrogens with zero attached hydrogens (tertiary/aromatic N) is 4. The summed E-state index contributed by atoms with van der Waals surface area (Å²) in [6, 6.07) is 28.3. The van der Waals surface area contributed by atoms with E-state index in [-0.39, 0.29) is 32.3 Å². The van der Waals surface area contributed by atoms with Crippen LogP contribution in [0.15, 0.2) is 97.1 Å². The number of hydrogen-bond acceptors (Lipinski definition) is 12. The maximum atomic E-state index is 13.4. The highest BCUT2D eigenvalue weighted by Gasteiger charge is 2.48. The van der Waals surface area contributed by atoms with Gasteiger partial charge in [-0.25, -0.2) is 14.4 Å². The molecule has 0 saturated carbocycles. The van der Waals surface area contributed by atoms with Crippen LogP contribution in [0.3, 0.4) is 0 Å². The number of fused-ring (bicyclic) bond motifs is 6. The Morgan fingerprint density at radius 1 is 0.500 bits per heavy atom. The van der Waals surface area contributed by atoms with Crippen molar-refractivity contribution in [3.8, 4) is 22.3 Å². The zero-order valence-corrected chi connectivity index (χ0v) is 47.4. The van der Waals surface area contributed by atoms with Gasteiger partial charge in [0, 0.05) is 80.7 Å². The van der Waals surface area contributed by atoms with Crippen LogP contribution in [0.2, 0.25) is 0 Å². The third-order valence-corrected chi connectivity index (χ3v) is 14.7. The van der Waals surface area contributed by atoms with Gasteiger partial charge in [-0.1, -0.05) is 139 Å². The molecule has 0 unspecified atom stereocenters. The van der Waals surface area contributed by atoms with Crippen molar-refractivity contribution in [3.05, 3.63) is 119 Å². The van der Waals surface area contributed by atoms with Gasteiger partial charge in [-0.05, 0) is 65.3 Å². The molecule has 6 rings (SSSR count). The Balaban J connectivity index is 0.000000388. The minimum Gasteiger partial charge on any atom is -0.480 e. The summed E-state index contributed by atoms with van der Waals surface area (Å²) in [5.41, 5.74) is 6.96. The molecule has 76 heavy (non-hydrogen) atoms. The number of likely N-dealkylation sites (N-methyl/N-ethyl adjacent to an activating group) is 4. The highest BCUT2D eigenvalue weighted by atomic mass is 16.7. The number of carboxylic acid groups (broad SMARTS) is 1. The number of ether oxygens (including phenoxy) is 6. The van der Waals surface area contributed by atoms with E-state index in [9.17, 15) is 33.9 Å². The van der Waals surface area contributed by atoms with Gasteiger partial charge in [0.15, 0.2) is 18.4 Å². The molecule has 0 saturated heterocycles. The maximum absolute atomic E-state index is 13.4. The van der Waals surface area contributed by atoms with E-state index in [1.165, 1.54) is 78.1 Å². The van der Waals surface area contributed by atoms with Gasteiger partial charge in [-0.3, -0.25) is 24.2 Å². The summed E-state index contributed by atoms with van der Waals surface area (Å²) >= 11 is 0. The predicted octanol–water partition coefficient (Wildman–Crippen LogP) is 9.40. The van der Waals surface area contributed by atoms with Crippen LogP contribution in [0, 0.1) is 10.8 Å². The highest BCUT2D eigenvalue weighted by Crippen LogP contribution is 2.46. The van der Waals surface area contributed by atoms with Crippen LogP contribution < -0.4 is 0 Å². The third-order valence-electron chi connectivity index (χ3n) is 14.7. The number of carbonyl (C=O) groups excluding carboxylic acids is 5. The summed E-state index contributed by atoms with van der Waals surface area (Å²) in [5, 5.41) is 9.95. The molecule has 0 aromatic heterocycles. The lowest BCUT2D eigenvalue weighted by atomic mass is 9.80. The van der Waals surface area contributed by atoms with Crippen LogP contribution in [0.5, 0.6) is 0 Å². The highest BCUT2D eigenvalue weighted by molar-refractivity contribution is 5.92. The van der Waals surface area contributed by atoms with Crippen molar-refractivity contribution < 1.29 is 63.7 Å². The molecule has 1 N–H and O–H groups in total. The lowest BCUT2D eigenvalue weighted by molar-refractivity contribution is -0.197. The first-order valence-corrected chi connectivity index (χ1v) is 25.5. The van der Waals surface area contributed by atoms with Crippen molar-refractivity contribution in [1.82, 2.24) is 19.6 Å². The zero-order chi connectivity index (χ0) is 57.0. The number of amides is 4. The summed E-state index contributed by atoms with van der Waals surface area (Å²) in [7, 11) is 11.7. The molecule has 416 valence electrons. The van der Waals surface area contributed by atoms with E-state index in [2.05, 4.69) is 36.4 Å². The first kappa shape index (κ1) is 61.9. The third kappa shape index (κ3) is 12.9. The van der Waals surface area contributed by atoms with Gasteiger partial charge in [0.2, 0.25) is 11.8 Å². The SMILES string of the molecule is CC.COC(OC)C(C)(C)[C@@H](C(=O)O)N(C)C(=O)[C@@H](C)N(C)C(=O)OCC1c2ccccc2-c2ccccc21.COC(OC)C(C)(C)[C@@H](C(C)=O)N(C)C(=O)[C@@H](C)N(C)C(=O)OCC1c2ccccc2-c2ccccc21.[HH]. The van der Waals surface area contributed by atoms with Gasteiger partial charge < -0.3 is 43.3 Å². The van der Waals surface area contributed by atoms with Gasteiger partial charge in [-0.2, -0.15) is 0 Å². The Labute approximate surface area is 450 Å². The van der Waals surface area contributed by atoms with E-state index in [1.807, 2.05) is 74.5 Å². The average molecular weight is 1060 g/mol.